The van der Waals surface area contributed by atoms with Gasteiger partial charge >= 0.3 is 5.97 Å². The number of aliphatic hydroxyl groups is 1. The normalized spacial score (nSPS) is 52.3. The van der Waals surface area contributed by atoms with E-state index in [1.165, 1.54) is 0 Å². The molecule has 2 saturated carbocycles. The molecule has 0 aromatic rings. The van der Waals surface area contributed by atoms with Gasteiger partial charge in [-0.3, -0.25) is 9.59 Å². The molecule has 1 N–H and O–H groups in total. The summed E-state index contributed by atoms with van der Waals surface area (Å²) in [5.74, 6) is 0.989. The third kappa shape index (κ3) is 1.89. The van der Waals surface area contributed by atoms with Crippen LogP contribution in [0, 0.1) is 28.6 Å². The fourth-order valence-corrected chi connectivity index (χ4v) is 7.41. The Bertz CT molecular complexity index is 751. The maximum absolute atomic E-state index is 11.9. The zero-order valence-corrected chi connectivity index (χ0v) is 15.7. The quantitative estimate of drug-likeness (QED) is 0.676. The Morgan fingerprint density at radius 1 is 1.15 bits per heavy atom. The highest BCUT2D eigenvalue weighted by atomic mass is 16.6. The first kappa shape index (κ1) is 16.7. The minimum absolute atomic E-state index is 0.0781. The summed E-state index contributed by atoms with van der Waals surface area (Å²) in [6.45, 7) is 4.48. The van der Waals surface area contributed by atoms with Crippen molar-refractivity contribution in [2.45, 2.75) is 70.5 Å². The van der Waals surface area contributed by atoms with Crippen LogP contribution in [-0.4, -0.2) is 28.6 Å². The van der Waals surface area contributed by atoms with E-state index in [-0.39, 0.29) is 40.0 Å². The van der Waals surface area contributed by atoms with Crippen molar-refractivity contribution in [3.05, 3.63) is 23.8 Å². The molecular weight excluding hydrogens is 328 g/mol. The van der Waals surface area contributed by atoms with Crippen molar-refractivity contribution < 1.29 is 19.4 Å². The van der Waals surface area contributed by atoms with Crippen LogP contribution in [-0.2, 0) is 14.3 Å². The molecule has 140 valence electrons. The molecule has 0 radical (unpaired) electrons. The average molecular weight is 356 g/mol. The highest BCUT2D eigenvalue weighted by Gasteiger charge is 2.68. The van der Waals surface area contributed by atoms with Crippen LogP contribution in [0.2, 0.25) is 0 Å². The number of hydrogen-bond donors (Lipinski definition) is 1. The van der Waals surface area contributed by atoms with E-state index in [0.29, 0.717) is 25.2 Å². The highest BCUT2D eigenvalue weighted by molar-refractivity contribution is 5.92. The van der Waals surface area contributed by atoms with Crippen LogP contribution in [0.25, 0.3) is 0 Å². The monoisotopic (exact) mass is 356 g/mol. The Morgan fingerprint density at radius 3 is 2.69 bits per heavy atom. The minimum Gasteiger partial charge on any atom is -0.458 e. The molecule has 7 atom stereocenters. The Morgan fingerprint density at radius 2 is 1.96 bits per heavy atom. The van der Waals surface area contributed by atoms with Crippen molar-refractivity contribution in [2.75, 3.05) is 0 Å². The fraction of sp³-hybridized carbons (Fsp3) is 0.727. The Hall–Kier alpha value is -1.42. The molecular formula is C22H28O4. The number of allylic oxidation sites excluding steroid dienone is 4. The lowest BCUT2D eigenvalue weighted by Crippen LogP contribution is -2.58. The second-order valence-corrected chi connectivity index (χ2v) is 9.75. The largest absolute Gasteiger partial charge is 0.458 e. The van der Waals surface area contributed by atoms with Crippen molar-refractivity contribution in [2.24, 2.45) is 28.6 Å². The SMILES string of the molecule is C[C@]12CCC(=O)C=C1C=C[C@@H]1[C@@H]2C(O)C[C@@]2(C)[C@H]1CC[C@@]21CCC(=O)O1. The minimum atomic E-state index is -0.429. The van der Waals surface area contributed by atoms with E-state index >= 15 is 0 Å². The molecule has 26 heavy (non-hydrogen) atoms. The van der Waals surface area contributed by atoms with Crippen molar-refractivity contribution in [3.63, 3.8) is 0 Å². The predicted octanol–water partition coefficient (Wildman–Crippen LogP) is 3.34. The van der Waals surface area contributed by atoms with Gasteiger partial charge in [-0.05, 0) is 61.0 Å². The molecule has 4 aliphatic carbocycles. The van der Waals surface area contributed by atoms with Crippen LogP contribution in [0.5, 0.6) is 0 Å². The topological polar surface area (TPSA) is 63.6 Å². The molecule has 1 unspecified atom stereocenters. The van der Waals surface area contributed by atoms with E-state index in [0.717, 1.165) is 31.3 Å². The number of rotatable bonds is 0. The molecule has 4 heteroatoms. The van der Waals surface area contributed by atoms with Gasteiger partial charge in [0.1, 0.15) is 5.60 Å². The van der Waals surface area contributed by atoms with E-state index in [9.17, 15) is 14.7 Å². The third-order valence-electron chi connectivity index (χ3n) is 8.79. The van der Waals surface area contributed by atoms with Gasteiger partial charge in [-0.25, -0.2) is 0 Å². The average Bonchev–Trinajstić information content (AvgIpc) is 3.09. The number of ketones is 1. The summed E-state index contributed by atoms with van der Waals surface area (Å²) < 4.78 is 5.93. The molecule has 1 heterocycles. The Labute approximate surface area is 154 Å². The van der Waals surface area contributed by atoms with Crippen LogP contribution in [0.3, 0.4) is 0 Å². The first-order valence-electron chi connectivity index (χ1n) is 10.1. The number of hydrogen-bond acceptors (Lipinski definition) is 4. The van der Waals surface area contributed by atoms with Crippen LogP contribution >= 0.6 is 0 Å². The maximum Gasteiger partial charge on any atom is 0.306 e. The summed E-state index contributed by atoms with van der Waals surface area (Å²) in [6, 6.07) is 0. The van der Waals surface area contributed by atoms with Gasteiger partial charge in [-0.15, -0.1) is 0 Å². The summed E-state index contributed by atoms with van der Waals surface area (Å²) in [6.07, 6.45) is 11.1. The zero-order chi connectivity index (χ0) is 18.3. The highest BCUT2D eigenvalue weighted by Crippen LogP contribution is 2.68. The molecule has 1 spiro atoms. The van der Waals surface area contributed by atoms with Gasteiger partial charge in [0, 0.05) is 24.2 Å². The van der Waals surface area contributed by atoms with Crippen molar-refractivity contribution in [1.29, 1.82) is 0 Å². The number of aliphatic hydroxyl groups excluding tert-OH is 1. The van der Waals surface area contributed by atoms with Gasteiger partial charge in [-0.1, -0.05) is 26.0 Å². The van der Waals surface area contributed by atoms with Gasteiger partial charge in [0.25, 0.3) is 0 Å². The van der Waals surface area contributed by atoms with Gasteiger partial charge in [0.05, 0.1) is 6.10 Å². The molecule has 1 saturated heterocycles. The summed E-state index contributed by atoms with van der Waals surface area (Å²) in [4.78, 5) is 23.8. The standard InChI is InChI=1S/C22H28O4/c1-20-8-5-14(23)11-13(20)3-4-15-16-6-9-22(10-7-18(25)26-22)21(16,2)12-17(24)19(15)20/h3-4,11,15-17,19,24H,5-10,12H2,1-2H3/t15-,16-,17?,19+,20-,21-,22+/m0/s1. The van der Waals surface area contributed by atoms with E-state index in [4.69, 9.17) is 4.74 Å². The zero-order valence-electron chi connectivity index (χ0n) is 15.7. The van der Waals surface area contributed by atoms with Crippen LogP contribution in [0.1, 0.15) is 58.8 Å². The van der Waals surface area contributed by atoms with Crippen molar-refractivity contribution in [3.8, 4) is 0 Å². The van der Waals surface area contributed by atoms with Crippen molar-refractivity contribution in [1.82, 2.24) is 0 Å². The number of fused-ring (bicyclic) bond motifs is 6. The molecule has 1 aliphatic heterocycles. The molecule has 0 aromatic heterocycles. The molecule has 3 fully saturated rings. The number of carbonyl (C=O) groups is 2. The predicted molar refractivity (Wildman–Crippen MR) is 96.1 cm³/mol. The second kappa shape index (κ2) is 5.09. The van der Waals surface area contributed by atoms with Gasteiger partial charge in [-0.2, -0.15) is 0 Å². The third-order valence-corrected chi connectivity index (χ3v) is 8.79. The molecule has 0 bridgehead atoms. The number of carbonyl (C=O) groups excluding carboxylic acids is 2. The van der Waals surface area contributed by atoms with Crippen molar-refractivity contribution >= 4 is 11.8 Å². The molecule has 4 nitrogen and oxygen atoms in total. The lowest BCUT2D eigenvalue weighted by atomic mass is 9.47. The number of ether oxygens (including phenoxy) is 1. The molecule has 5 rings (SSSR count). The lowest BCUT2D eigenvalue weighted by molar-refractivity contribution is -0.177. The summed E-state index contributed by atoms with van der Waals surface area (Å²) >= 11 is 0. The Balaban J connectivity index is 1.58. The van der Waals surface area contributed by atoms with Crippen LogP contribution in [0.4, 0.5) is 0 Å². The summed E-state index contributed by atoms with van der Waals surface area (Å²) in [7, 11) is 0. The van der Waals surface area contributed by atoms with Gasteiger partial charge in [0.15, 0.2) is 5.78 Å². The first-order valence-corrected chi connectivity index (χ1v) is 10.1. The van der Waals surface area contributed by atoms with Gasteiger partial charge < -0.3 is 9.84 Å². The van der Waals surface area contributed by atoms with Crippen LogP contribution in [0.15, 0.2) is 23.8 Å². The second-order valence-electron chi connectivity index (χ2n) is 9.75. The first-order chi connectivity index (χ1) is 12.3. The summed E-state index contributed by atoms with van der Waals surface area (Å²) in [5, 5.41) is 11.3. The number of esters is 1. The van der Waals surface area contributed by atoms with E-state index in [2.05, 4.69) is 26.0 Å². The van der Waals surface area contributed by atoms with Gasteiger partial charge in [0.2, 0.25) is 0 Å². The molecule has 0 amide bonds. The molecule has 5 aliphatic rings. The van der Waals surface area contributed by atoms with E-state index in [1.807, 2.05) is 0 Å². The molecule has 0 aromatic carbocycles. The van der Waals surface area contributed by atoms with E-state index < -0.39 is 6.10 Å². The summed E-state index contributed by atoms with van der Waals surface area (Å²) in [5.41, 5.74) is 0.425. The van der Waals surface area contributed by atoms with Crippen LogP contribution < -0.4 is 0 Å². The smallest absolute Gasteiger partial charge is 0.306 e. The Kier molecular flexibility index (Phi) is 3.28. The lowest BCUT2D eigenvalue weighted by Gasteiger charge is -2.58. The fourth-order valence-electron chi connectivity index (χ4n) is 7.41. The maximum atomic E-state index is 11.9. The van der Waals surface area contributed by atoms with E-state index in [1.54, 1.807) is 6.08 Å².